The summed E-state index contributed by atoms with van der Waals surface area (Å²) in [5.41, 5.74) is 6.88. The summed E-state index contributed by atoms with van der Waals surface area (Å²) in [6.45, 7) is 4.36. The second-order valence-corrected chi connectivity index (χ2v) is 5.06. The third-order valence-electron chi connectivity index (χ3n) is 3.43. The van der Waals surface area contributed by atoms with E-state index in [1.165, 1.54) is 31.5 Å². The van der Waals surface area contributed by atoms with Gasteiger partial charge in [0.2, 0.25) is 0 Å². The molecule has 100 valence electrons. The molecule has 1 atom stereocenters. The Morgan fingerprint density at radius 2 is 2.22 bits per heavy atom. The van der Waals surface area contributed by atoms with Crippen LogP contribution in [0.3, 0.4) is 0 Å². The Kier molecular flexibility index (Phi) is 4.66. The molecule has 1 saturated carbocycles. The van der Waals surface area contributed by atoms with E-state index in [1.807, 2.05) is 0 Å². The van der Waals surface area contributed by atoms with Crippen molar-refractivity contribution in [2.24, 2.45) is 5.73 Å². The molecule has 3 nitrogen and oxygen atoms in total. The summed E-state index contributed by atoms with van der Waals surface area (Å²) in [5, 5.41) is 0. The number of nitrogens with zero attached hydrogens (tertiary/aromatic N) is 2. The highest BCUT2D eigenvalue weighted by atomic mass is 19.1. The van der Waals surface area contributed by atoms with E-state index in [4.69, 9.17) is 5.73 Å². The quantitative estimate of drug-likeness (QED) is 0.809. The first-order valence-electron chi connectivity index (χ1n) is 6.81. The van der Waals surface area contributed by atoms with Crippen LogP contribution >= 0.6 is 0 Å². The van der Waals surface area contributed by atoms with E-state index in [0.717, 1.165) is 31.2 Å². The minimum Gasteiger partial charge on any atom is -0.323 e. The molecule has 0 amide bonds. The summed E-state index contributed by atoms with van der Waals surface area (Å²) >= 11 is 0. The van der Waals surface area contributed by atoms with Gasteiger partial charge in [-0.2, -0.15) is 0 Å². The fourth-order valence-corrected chi connectivity index (χ4v) is 2.26. The van der Waals surface area contributed by atoms with E-state index < -0.39 is 0 Å². The molecule has 1 aliphatic carbocycles. The molecule has 0 spiro atoms. The van der Waals surface area contributed by atoms with E-state index >= 15 is 0 Å². The van der Waals surface area contributed by atoms with Crippen LogP contribution in [0.1, 0.15) is 44.3 Å². The molecule has 4 heteroatoms. The zero-order valence-electron chi connectivity index (χ0n) is 11.0. The lowest BCUT2D eigenvalue weighted by Crippen LogP contribution is -2.30. The average molecular weight is 251 g/mol. The Bertz CT molecular complexity index is 362. The summed E-state index contributed by atoms with van der Waals surface area (Å²) in [4.78, 5) is 6.56. The Hall–Kier alpha value is -1.00. The van der Waals surface area contributed by atoms with Gasteiger partial charge in [-0.1, -0.05) is 6.92 Å². The number of rotatable bonds is 7. The summed E-state index contributed by atoms with van der Waals surface area (Å²) in [5.74, 6) is -0.309. The number of hydrogen-bond acceptors (Lipinski definition) is 3. The van der Waals surface area contributed by atoms with Crippen LogP contribution in [0.15, 0.2) is 18.3 Å². The molecule has 1 aromatic rings. The first kappa shape index (κ1) is 13.4. The van der Waals surface area contributed by atoms with Crippen LogP contribution in [-0.2, 0) is 0 Å². The largest absolute Gasteiger partial charge is 0.323 e. The second kappa shape index (κ2) is 6.25. The van der Waals surface area contributed by atoms with Gasteiger partial charge in [0.1, 0.15) is 5.82 Å². The van der Waals surface area contributed by atoms with E-state index in [0.29, 0.717) is 0 Å². The maximum Gasteiger partial charge on any atom is 0.141 e. The van der Waals surface area contributed by atoms with E-state index in [9.17, 15) is 4.39 Å². The highest BCUT2D eigenvalue weighted by molar-refractivity contribution is 5.09. The van der Waals surface area contributed by atoms with Gasteiger partial charge in [-0.25, -0.2) is 4.39 Å². The minimum atomic E-state index is -0.309. The monoisotopic (exact) mass is 251 g/mol. The highest BCUT2D eigenvalue weighted by Crippen LogP contribution is 2.27. The van der Waals surface area contributed by atoms with Crippen molar-refractivity contribution in [3.05, 3.63) is 29.8 Å². The molecule has 0 radical (unpaired) electrons. The van der Waals surface area contributed by atoms with Crippen LogP contribution in [0, 0.1) is 5.82 Å². The van der Waals surface area contributed by atoms with Crippen LogP contribution in [0.4, 0.5) is 4.39 Å². The predicted molar refractivity (Wildman–Crippen MR) is 70.6 cm³/mol. The van der Waals surface area contributed by atoms with Gasteiger partial charge in [0.25, 0.3) is 0 Å². The van der Waals surface area contributed by atoms with E-state index in [-0.39, 0.29) is 11.9 Å². The van der Waals surface area contributed by atoms with Crippen LogP contribution in [-0.4, -0.2) is 29.0 Å². The smallest absolute Gasteiger partial charge is 0.141 e. The predicted octanol–water partition coefficient (Wildman–Crippen LogP) is 2.49. The van der Waals surface area contributed by atoms with Crippen molar-refractivity contribution in [1.29, 1.82) is 0 Å². The highest BCUT2D eigenvalue weighted by Gasteiger charge is 2.28. The molecular weight excluding hydrogens is 229 g/mol. The van der Waals surface area contributed by atoms with Crippen molar-refractivity contribution in [2.75, 3.05) is 13.1 Å². The maximum atomic E-state index is 12.8. The first-order valence-corrected chi connectivity index (χ1v) is 6.81. The lowest BCUT2D eigenvalue weighted by Gasteiger charge is -2.22. The number of hydrogen-bond donors (Lipinski definition) is 1. The lowest BCUT2D eigenvalue weighted by atomic mass is 10.1. The Balaban J connectivity index is 1.82. The van der Waals surface area contributed by atoms with Crippen molar-refractivity contribution in [3.63, 3.8) is 0 Å². The SMILES string of the molecule is CCCN(CCC(N)c1ccc(F)cn1)C1CC1. The van der Waals surface area contributed by atoms with Crippen molar-refractivity contribution in [3.8, 4) is 0 Å². The fourth-order valence-electron chi connectivity index (χ4n) is 2.26. The van der Waals surface area contributed by atoms with Crippen LogP contribution < -0.4 is 5.73 Å². The fraction of sp³-hybridized carbons (Fsp3) is 0.643. The summed E-state index contributed by atoms with van der Waals surface area (Å²) in [6, 6.07) is 3.79. The Morgan fingerprint density at radius 3 is 2.78 bits per heavy atom. The normalized spacial score (nSPS) is 17.1. The van der Waals surface area contributed by atoms with Gasteiger partial charge in [-0.05, 0) is 44.4 Å². The molecule has 0 aliphatic heterocycles. The third-order valence-corrected chi connectivity index (χ3v) is 3.43. The van der Waals surface area contributed by atoms with Crippen molar-refractivity contribution in [2.45, 2.75) is 44.7 Å². The van der Waals surface area contributed by atoms with Gasteiger partial charge >= 0.3 is 0 Å². The molecule has 2 N–H and O–H groups in total. The van der Waals surface area contributed by atoms with Gasteiger partial charge in [-0.15, -0.1) is 0 Å². The zero-order chi connectivity index (χ0) is 13.0. The van der Waals surface area contributed by atoms with Crippen molar-refractivity contribution >= 4 is 0 Å². The molecule has 2 rings (SSSR count). The van der Waals surface area contributed by atoms with Crippen molar-refractivity contribution in [1.82, 2.24) is 9.88 Å². The number of pyridine rings is 1. The molecule has 1 heterocycles. The number of aromatic nitrogens is 1. The molecule has 1 unspecified atom stereocenters. The Labute approximate surface area is 108 Å². The van der Waals surface area contributed by atoms with Crippen molar-refractivity contribution < 1.29 is 4.39 Å². The number of halogens is 1. The molecule has 18 heavy (non-hydrogen) atoms. The summed E-state index contributed by atoms with van der Waals surface area (Å²) < 4.78 is 12.8. The molecule has 1 aliphatic rings. The van der Waals surface area contributed by atoms with Gasteiger partial charge in [0.15, 0.2) is 0 Å². The van der Waals surface area contributed by atoms with Crippen LogP contribution in [0.2, 0.25) is 0 Å². The molecule has 1 fully saturated rings. The molecule has 1 aromatic heterocycles. The van der Waals surface area contributed by atoms with E-state index in [1.54, 1.807) is 6.07 Å². The van der Waals surface area contributed by atoms with Gasteiger partial charge < -0.3 is 10.6 Å². The summed E-state index contributed by atoms with van der Waals surface area (Å²) in [6.07, 6.45) is 5.95. The number of nitrogens with two attached hydrogens (primary N) is 1. The van der Waals surface area contributed by atoms with Crippen LogP contribution in [0.25, 0.3) is 0 Å². The zero-order valence-corrected chi connectivity index (χ0v) is 11.0. The van der Waals surface area contributed by atoms with Crippen LogP contribution in [0.5, 0.6) is 0 Å². The summed E-state index contributed by atoms with van der Waals surface area (Å²) in [7, 11) is 0. The van der Waals surface area contributed by atoms with E-state index in [2.05, 4.69) is 16.8 Å². The minimum absolute atomic E-state index is 0.0938. The third kappa shape index (κ3) is 3.75. The molecule has 0 saturated heterocycles. The van der Waals surface area contributed by atoms with Gasteiger partial charge in [-0.3, -0.25) is 4.98 Å². The topological polar surface area (TPSA) is 42.1 Å². The maximum absolute atomic E-state index is 12.8. The average Bonchev–Trinajstić information content (AvgIpc) is 3.19. The first-order chi connectivity index (χ1) is 8.70. The lowest BCUT2D eigenvalue weighted by molar-refractivity contribution is 0.253. The molecule has 0 aromatic carbocycles. The molecule has 0 bridgehead atoms. The second-order valence-electron chi connectivity index (χ2n) is 5.06. The van der Waals surface area contributed by atoms with Gasteiger partial charge in [0, 0.05) is 18.6 Å². The standard InChI is InChI=1S/C14H22FN3/c1-2-8-18(12-4-5-12)9-7-13(16)14-6-3-11(15)10-17-14/h3,6,10,12-13H,2,4-5,7-9,16H2,1H3. The van der Waals surface area contributed by atoms with Gasteiger partial charge in [0.05, 0.1) is 11.9 Å². The molecular formula is C14H22FN3. The Morgan fingerprint density at radius 1 is 1.44 bits per heavy atom.